The van der Waals surface area contributed by atoms with Crippen LogP contribution in [0.4, 0.5) is 26.3 Å². The van der Waals surface area contributed by atoms with Crippen LogP contribution in [0, 0.1) is 0 Å². The quantitative estimate of drug-likeness (QED) is 0.630. The first kappa shape index (κ1) is 19.9. The van der Waals surface area contributed by atoms with Crippen molar-refractivity contribution in [3.8, 4) is 0 Å². The highest BCUT2D eigenvalue weighted by Gasteiger charge is 2.42. The number of morpholine rings is 1. The van der Waals surface area contributed by atoms with Crippen LogP contribution in [-0.2, 0) is 21.9 Å². The minimum Gasteiger partial charge on any atom is -0.362 e. The van der Waals surface area contributed by atoms with E-state index in [4.69, 9.17) is 4.74 Å². The Morgan fingerprint density at radius 1 is 1.07 bits per heavy atom. The van der Waals surface area contributed by atoms with E-state index in [0.717, 1.165) is 25.0 Å². The Labute approximate surface area is 161 Å². The molecule has 3 heterocycles. The van der Waals surface area contributed by atoms with Gasteiger partial charge in [0.1, 0.15) is 18.4 Å². The van der Waals surface area contributed by atoms with Gasteiger partial charge >= 0.3 is 12.4 Å². The number of rotatable bonds is 1. The summed E-state index contributed by atoms with van der Waals surface area (Å²) in [5.41, 5.74) is -3.46. The normalized spacial score (nSPS) is 23.4. The first-order valence-electron chi connectivity index (χ1n) is 9.06. The number of nitrogens with zero attached hydrogens (tertiary/aromatic N) is 2. The van der Waals surface area contributed by atoms with Crippen LogP contribution in [0.25, 0.3) is 10.9 Å². The van der Waals surface area contributed by atoms with Crippen LogP contribution in [-0.4, -0.2) is 35.0 Å². The molecule has 0 bridgehead atoms. The minimum absolute atomic E-state index is 0.0298. The van der Waals surface area contributed by atoms with E-state index in [-0.39, 0.29) is 23.5 Å². The third-order valence-electron chi connectivity index (χ3n) is 5.38. The Morgan fingerprint density at radius 3 is 2.52 bits per heavy atom. The van der Waals surface area contributed by atoms with Crippen LogP contribution in [0.1, 0.15) is 42.2 Å². The molecule has 2 saturated heterocycles. The molecule has 0 saturated carbocycles. The maximum Gasteiger partial charge on any atom is 0.433 e. The van der Waals surface area contributed by atoms with Crippen LogP contribution in [0.2, 0.25) is 0 Å². The maximum absolute atomic E-state index is 13.4. The minimum atomic E-state index is -4.93. The molecule has 1 unspecified atom stereocenters. The summed E-state index contributed by atoms with van der Waals surface area (Å²) >= 11 is 0. The summed E-state index contributed by atoms with van der Waals surface area (Å²) in [6.07, 6.45) is -8.74. The zero-order chi connectivity index (χ0) is 21.0. The molecule has 2 atom stereocenters. The lowest BCUT2D eigenvalue weighted by Gasteiger charge is -2.44. The Balaban J connectivity index is 1.95. The first-order chi connectivity index (χ1) is 13.6. The van der Waals surface area contributed by atoms with Crippen LogP contribution >= 0.6 is 0 Å². The van der Waals surface area contributed by atoms with E-state index >= 15 is 0 Å². The van der Waals surface area contributed by atoms with Gasteiger partial charge in [0.05, 0.1) is 17.1 Å². The maximum atomic E-state index is 13.4. The molecule has 2 aliphatic rings. The van der Waals surface area contributed by atoms with E-state index in [0.29, 0.717) is 19.0 Å². The van der Waals surface area contributed by atoms with E-state index in [1.54, 1.807) is 4.90 Å². The largest absolute Gasteiger partial charge is 0.433 e. The molecule has 2 aromatic rings. The lowest BCUT2D eigenvalue weighted by atomic mass is 9.89. The molecule has 4 rings (SSSR count). The Morgan fingerprint density at radius 2 is 1.83 bits per heavy atom. The van der Waals surface area contributed by atoms with Crippen molar-refractivity contribution in [1.29, 1.82) is 0 Å². The van der Waals surface area contributed by atoms with Gasteiger partial charge in [-0.3, -0.25) is 4.79 Å². The van der Waals surface area contributed by atoms with Gasteiger partial charge in [-0.05, 0) is 37.0 Å². The molecule has 4 nitrogen and oxygen atoms in total. The van der Waals surface area contributed by atoms with E-state index in [1.165, 1.54) is 6.07 Å². The van der Waals surface area contributed by atoms with Crippen molar-refractivity contribution in [3.63, 3.8) is 0 Å². The third kappa shape index (κ3) is 3.54. The average Bonchev–Trinajstić information content (AvgIpc) is 2.66. The molecule has 0 N–H and O–H groups in total. The van der Waals surface area contributed by atoms with Crippen LogP contribution in [0.3, 0.4) is 0 Å². The fourth-order valence-corrected chi connectivity index (χ4v) is 4.12. The lowest BCUT2D eigenvalue weighted by molar-refractivity contribution is -0.161. The summed E-state index contributed by atoms with van der Waals surface area (Å²) < 4.78 is 86.2. The van der Waals surface area contributed by atoms with Crippen LogP contribution < -0.4 is 0 Å². The van der Waals surface area contributed by atoms with Crippen molar-refractivity contribution in [2.75, 3.05) is 13.2 Å². The predicted octanol–water partition coefficient (Wildman–Crippen LogP) is 4.72. The molecule has 2 fully saturated rings. The molecular formula is C19H16F6N2O2. The van der Waals surface area contributed by atoms with Crippen molar-refractivity contribution in [2.45, 2.75) is 43.8 Å². The zero-order valence-corrected chi connectivity index (χ0v) is 15.0. The number of hydrogen-bond donors (Lipinski definition) is 0. The van der Waals surface area contributed by atoms with Gasteiger partial charge in [0, 0.05) is 11.9 Å². The number of hydrogen-bond acceptors (Lipinski definition) is 3. The van der Waals surface area contributed by atoms with E-state index in [1.807, 2.05) is 0 Å². The van der Waals surface area contributed by atoms with Gasteiger partial charge in [0.15, 0.2) is 0 Å². The number of amides is 1. The number of carbonyl (C=O) groups excluding carboxylic acids is 1. The lowest BCUT2D eigenvalue weighted by Crippen LogP contribution is -2.53. The molecule has 1 aromatic carbocycles. The topological polar surface area (TPSA) is 42.4 Å². The highest BCUT2D eigenvalue weighted by molar-refractivity contribution is 5.87. The summed E-state index contributed by atoms with van der Waals surface area (Å²) in [4.78, 5) is 17.0. The molecule has 1 amide bonds. The molecule has 0 aliphatic carbocycles. The Bertz CT molecular complexity index is 956. The fourth-order valence-electron chi connectivity index (χ4n) is 4.12. The smallest absolute Gasteiger partial charge is 0.362 e. The number of piperidine rings is 1. The second-order valence-corrected chi connectivity index (χ2v) is 7.18. The summed E-state index contributed by atoms with van der Waals surface area (Å²) in [6, 6.07) is 3.37. The number of pyridine rings is 1. The highest BCUT2D eigenvalue weighted by atomic mass is 19.4. The number of alkyl halides is 6. The monoisotopic (exact) mass is 418 g/mol. The number of benzene rings is 1. The van der Waals surface area contributed by atoms with Gasteiger partial charge in [-0.25, -0.2) is 4.98 Å². The number of fused-ring (bicyclic) bond motifs is 2. The first-order valence-corrected chi connectivity index (χ1v) is 9.06. The Hall–Kier alpha value is -2.36. The van der Waals surface area contributed by atoms with Crippen LogP contribution in [0.15, 0.2) is 24.3 Å². The second kappa shape index (κ2) is 6.86. The van der Waals surface area contributed by atoms with Gasteiger partial charge in [0.2, 0.25) is 5.91 Å². The van der Waals surface area contributed by atoms with Crippen LogP contribution in [0.5, 0.6) is 0 Å². The summed E-state index contributed by atoms with van der Waals surface area (Å²) in [5, 5.41) is -0.0577. The molecule has 0 spiro atoms. The molecule has 2 aliphatic heterocycles. The van der Waals surface area contributed by atoms with Gasteiger partial charge in [0.25, 0.3) is 0 Å². The Kier molecular flexibility index (Phi) is 4.71. The molecule has 156 valence electrons. The van der Waals surface area contributed by atoms with Crippen molar-refractivity contribution < 1.29 is 35.9 Å². The molecule has 10 heteroatoms. The van der Waals surface area contributed by atoms with Gasteiger partial charge in [-0.1, -0.05) is 12.1 Å². The SMILES string of the molecule is O=C1CO[C@H](c2cc(C(F)(F)F)nc3c(C(F)(F)F)cccc23)C2CCCCN12. The zero-order valence-electron chi connectivity index (χ0n) is 15.0. The average molecular weight is 418 g/mol. The second-order valence-electron chi connectivity index (χ2n) is 7.18. The molecule has 29 heavy (non-hydrogen) atoms. The number of para-hydroxylation sites is 1. The number of halogens is 6. The van der Waals surface area contributed by atoms with Crippen molar-refractivity contribution in [1.82, 2.24) is 9.88 Å². The van der Waals surface area contributed by atoms with Gasteiger partial charge < -0.3 is 9.64 Å². The fraction of sp³-hybridized carbons (Fsp3) is 0.474. The molecular weight excluding hydrogens is 402 g/mol. The number of aromatic nitrogens is 1. The number of ether oxygens (including phenoxy) is 1. The standard InChI is InChI=1S/C19H16F6N2O2/c20-18(21,22)12-5-3-4-10-11(8-14(19(23,24)25)26-16(10)12)17-13-6-1-2-7-27(13)15(28)9-29-17/h3-5,8,13,17H,1-2,6-7,9H2/t13?,17-/m1/s1. The summed E-state index contributed by atoms with van der Waals surface area (Å²) in [7, 11) is 0. The van der Waals surface area contributed by atoms with Crippen molar-refractivity contribution in [3.05, 3.63) is 41.1 Å². The van der Waals surface area contributed by atoms with E-state index in [2.05, 4.69) is 4.98 Å². The number of carbonyl (C=O) groups is 1. The van der Waals surface area contributed by atoms with E-state index in [9.17, 15) is 31.1 Å². The summed E-state index contributed by atoms with van der Waals surface area (Å²) in [6.45, 7) is 0.123. The predicted molar refractivity (Wildman–Crippen MR) is 89.8 cm³/mol. The summed E-state index contributed by atoms with van der Waals surface area (Å²) in [5.74, 6) is -0.267. The van der Waals surface area contributed by atoms with Crippen molar-refractivity contribution in [2.24, 2.45) is 0 Å². The molecule has 0 radical (unpaired) electrons. The van der Waals surface area contributed by atoms with E-state index < -0.39 is 41.3 Å². The van der Waals surface area contributed by atoms with Gasteiger partial charge in [-0.15, -0.1) is 0 Å². The molecule has 1 aromatic heterocycles. The van der Waals surface area contributed by atoms with Crippen molar-refractivity contribution >= 4 is 16.8 Å². The van der Waals surface area contributed by atoms with Gasteiger partial charge in [-0.2, -0.15) is 26.3 Å². The third-order valence-corrected chi connectivity index (χ3v) is 5.38. The highest BCUT2D eigenvalue weighted by Crippen LogP contribution is 2.42.